The molecule has 2 rings (SSSR count). The van der Waals surface area contributed by atoms with E-state index in [4.69, 9.17) is 0 Å². The summed E-state index contributed by atoms with van der Waals surface area (Å²) < 4.78 is 0. The van der Waals surface area contributed by atoms with Crippen LogP contribution in [0.25, 0.3) is 12.2 Å². The number of aromatic hydroxyl groups is 4. The maximum absolute atomic E-state index is 12.5. The van der Waals surface area contributed by atoms with Gasteiger partial charge in [0.2, 0.25) is 0 Å². The molecule has 2 amide bonds. The summed E-state index contributed by atoms with van der Waals surface area (Å²) in [6, 6.07) is 11.0. The van der Waals surface area contributed by atoms with E-state index in [1.54, 1.807) is 12.1 Å². The van der Waals surface area contributed by atoms with Crippen LogP contribution in [0.3, 0.4) is 0 Å². The number of amides is 2. The highest BCUT2D eigenvalue weighted by molar-refractivity contribution is 6.02. The summed E-state index contributed by atoms with van der Waals surface area (Å²) in [6.45, 7) is 1.95. The van der Waals surface area contributed by atoms with Crippen molar-refractivity contribution in [3.63, 3.8) is 0 Å². The third-order valence-corrected chi connectivity index (χ3v) is 4.96. The van der Waals surface area contributed by atoms with E-state index in [1.807, 2.05) is 6.92 Å². The molecule has 0 radical (unpaired) electrons. The first-order chi connectivity index (χ1) is 16.7. The van der Waals surface area contributed by atoms with Crippen LogP contribution in [-0.4, -0.2) is 44.8 Å². The van der Waals surface area contributed by atoms with E-state index in [0.717, 1.165) is 0 Å². The van der Waals surface area contributed by atoms with Gasteiger partial charge in [0.25, 0.3) is 11.8 Å². The van der Waals surface area contributed by atoms with Gasteiger partial charge in [0, 0.05) is 12.6 Å². The van der Waals surface area contributed by atoms with Crippen LogP contribution >= 0.6 is 0 Å². The number of carbonyl (C=O) groups is 2. The molecule has 0 saturated carbocycles. The molecule has 0 aliphatic rings. The number of benzene rings is 2. The second-order valence-corrected chi connectivity index (χ2v) is 7.46. The van der Waals surface area contributed by atoms with E-state index in [-0.39, 0.29) is 46.7 Å². The quantitative estimate of drug-likeness (QED) is 0.181. The van der Waals surface area contributed by atoms with E-state index in [1.165, 1.54) is 48.6 Å². The van der Waals surface area contributed by atoms with Crippen LogP contribution < -0.4 is 10.6 Å². The van der Waals surface area contributed by atoms with Crippen LogP contribution in [0.1, 0.15) is 30.9 Å². The van der Waals surface area contributed by atoms with Crippen molar-refractivity contribution >= 4 is 24.0 Å². The second-order valence-electron chi connectivity index (χ2n) is 7.46. The van der Waals surface area contributed by atoms with Gasteiger partial charge < -0.3 is 31.1 Å². The van der Waals surface area contributed by atoms with Gasteiger partial charge >= 0.3 is 0 Å². The molecule has 0 aromatic heterocycles. The first-order valence-corrected chi connectivity index (χ1v) is 10.5. The van der Waals surface area contributed by atoms with E-state index < -0.39 is 11.8 Å². The Balaban J connectivity index is 1.97. The van der Waals surface area contributed by atoms with Gasteiger partial charge in [-0.3, -0.25) is 9.59 Å². The molecular weight excluding hydrogens is 452 g/mol. The minimum atomic E-state index is -0.647. The number of phenols is 4. The smallest absolute Gasteiger partial charge is 0.262 e. The Labute approximate surface area is 201 Å². The molecule has 6 N–H and O–H groups in total. The van der Waals surface area contributed by atoms with Crippen molar-refractivity contribution in [2.75, 3.05) is 6.54 Å². The molecule has 0 spiro atoms. The van der Waals surface area contributed by atoms with Gasteiger partial charge in [-0.05, 0) is 60.4 Å². The van der Waals surface area contributed by atoms with Gasteiger partial charge in [0.05, 0.1) is 0 Å². The van der Waals surface area contributed by atoms with Gasteiger partial charge in [0.1, 0.15) is 23.3 Å². The summed E-state index contributed by atoms with van der Waals surface area (Å²) in [6.07, 6.45) is 3.37. The first-order valence-electron chi connectivity index (χ1n) is 10.5. The number of hydrogen-bond donors (Lipinski definition) is 6. The Morgan fingerprint density at radius 3 is 1.77 bits per heavy atom. The van der Waals surface area contributed by atoms with Crippen molar-refractivity contribution in [2.45, 2.75) is 25.8 Å². The molecule has 0 bridgehead atoms. The zero-order chi connectivity index (χ0) is 26.0. The predicted molar refractivity (Wildman–Crippen MR) is 127 cm³/mol. The summed E-state index contributed by atoms with van der Waals surface area (Å²) in [7, 11) is 0. The van der Waals surface area contributed by atoms with E-state index in [0.29, 0.717) is 24.0 Å². The largest absolute Gasteiger partial charge is 0.504 e. The fraction of sp³-hybridized carbons (Fsp3) is 0.200. The molecule has 0 aliphatic heterocycles. The van der Waals surface area contributed by atoms with Gasteiger partial charge in [-0.1, -0.05) is 19.1 Å². The fourth-order valence-electron chi connectivity index (χ4n) is 2.99. The molecule has 1 unspecified atom stereocenters. The molecule has 0 aliphatic carbocycles. The van der Waals surface area contributed by atoms with Crippen molar-refractivity contribution in [2.24, 2.45) is 0 Å². The Morgan fingerprint density at radius 1 is 0.857 bits per heavy atom. The minimum Gasteiger partial charge on any atom is -0.504 e. The first kappa shape index (κ1) is 26.3. The lowest BCUT2D eigenvalue weighted by Crippen LogP contribution is -2.38. The Hall–Kier alpha value is -4.96. The Morgan fingerprint density at radius 2 is 1.34 bits per heavy atom. The average molecular weight is 476 g/mol. The second kappa shape index (κ2) is 12.3. The van der Waals surface area contributed by atoms with Crippen LogP contribution in [0.15, 0.2) is 47.5 Å². The monoisotopic (exact) mass is 476 g/mol. The third kappa shape index (κ3) is 7.55. The predicted octanol–water partition coefficient (Wildman–Crippen LogP) is 2.42. The van der Waals surface area contributed by atoms with E-state index in [2.05, 4.69) is 10.6 Å². The van der Waals surface area contributed by atoms with Crippen molar-refractivity contribution in [3.05, 3.63) is 58.7 Å². The van der Waals surface area contributed by atoms with Gasteiger partial charge in [0.15, 0.2) is 23.0 Å². The Kier molecular flexibility index (Phi) is 9.26. The fourth-order valence-corrected chi connectivity index (χ4v) is 2.99. The van der Waals surface area contributed by atoms with Crippen molar-refractivity contribution < 1.29 is 30.0 Å². The average Bonchev–Trinajstić information content (AvgIpc) is 2.84. The molecule has 0 saturated heterocycles. The lowest BCUT2D eigenvalue weighted by Gasteiger charge is -2.17. The molecule has 2 aromatic rings. The van der Waals surface area contributed by atoms with Crippen LogP contribution in [-0.2, 0) is 9.59 Å². The number of nitrogens with one attached hydrogen (secondary N) is 2. The van der Waals surface area contributed by atoms with Gasteiger partial charge in [-0.2, -0.15) is 10.5 Å². The summed E-state index contributed by atoms with van der Waals surface area (Å²) in [4.78, 5) is 24.9. The van der Waals surface area contributed by atoms with Crippen LogP contribution in [0.2, 0.25) is 0 Å². The molecule has 35 heavy (non-hydrogen) atoms. The molecule has 10 nitrogen and oxygen atoms in total. The van der Waals surface area contributed by atoms with Crippen LogP contribution in [0.5, 0.6) is 23.0 Å². The minimum absolute atomic E-state index is 0.134. The summed E-state index contributed by atoms with van der Waals surface area (Å²) >= 11 is 0. The van der Waals surface area contributed by atoms with Gasteiger partial charge in [-0.15, -0.1) is 0 Å². The molecule has 10 heteroatoms. The molecular formula is C25H24N4O6. The summed E-state index contributed by atoms with van der Waals surface area (Å²) in [5.74, 6) is -2.70. The number of nitriles is 2. The molecule has 2 aromatic carbocycles. The maximum atomic E-state index is 12.5. The normalized spacial score (nSPS) is 12.2. The van der Waals surface area contributed by atoms with E-state index in [9.17, 15) is 40.5 Å². The molecule has 0 fully saturated rings. The Bertz CT molecular complexity index is 1250. The lowest BCUT2D eigenvalue weighted by molar-refractivity contribution is -0.117. The number of hydrogen-bond acceptors (Lipinski definition) is 8. The highest BCUT2D eigenvalue weighted by Gasteiger charge is 2.16. The molecule has 1 atom stereocenters. The van der Waals surface area contributed by atoms with E-state index >= 15 is 0 Å². The van der Waals surface area contributed by atoms with Crippen molar-refractivity contribution in [3.8, 4) is 35.1 Å². The van der Waals surface area contributed by atoms with Crippen molar-refractivity contribution in [1.82, 2.24) is 10.6 Å². The molecule has 180 valence electrons. The summed E-state index contributed by atoms with van der Waals surface area (Å²) in [5.41, 5.74) is 0.289. The lowest BCUT2D eigenvalue weighted by atomic mass is 10.1. The number of rotatable bonds is 9. The number of nitrogens with zero attached hydrogens (tertiary/aromatic N) is 2. The van der Waals surface area contributed by atoms with Gasteiger partial charge in [-0.25, -0.2) is 0 Å². The number of phenolic OH excluding ortho intramolecular Hbond substituents is 4. The van der Waals surface area contributed by atoms with Crippen LogP contribution in [0.4, 0.5) is 0 Å². The zero-order valence-corrected chi connectivity index (χ0v) is 18.8. The highest BCUT2D eigenvalue weighted by Crippen LogP contribution is 2.26. The SMILES string of the molecule is CCC(CCNC(=O)/C(C#N)=C/c1ccc(O)c(O)c1)NC(=O)/C(C#N)=C/c1ccc(O)c(O)c1. The topological polar surface area (TPSA) is 187 Å². The standard InChI is InChI=1S/C25H24N4O6/c1-2-19(29-25(35)18(14-27)10-16-4-6-21(31)23(33)12-16)7-8-28-24(34)17(13-26)9-15-3-5-20(30)22(32)11-15/h3-6,9-12,19,30-33H,2,7-8H2,1H3,(H,28,34)(H,29,35)/b17-9+,18-10+. The van der Waals surface area contributed by atoms with Crippen molar-refractivity contribution in [1.29, 1.82) is 10.5 Å². The number of carbonyl (C=O) groups excluding carboxylic acids is 2. The highest BCUT2D eigenvalue weighted by atomic mass is 16.3. The maximum Gasteiger partial charge on any atom is 0.262 e. The summed E-state index contributed by atoms with van der Waals surface area (Å²) in [5, 5.41) is 61.8. The molecule has 0 heterocycles. The van der Waals surface area contributed by atoms with Crippen LogP contribution in [0, 0.1) is 22.7 Å². The third-order valence-electron chi connectivity index (χ3n) is 4.96. The zero-order valence-electron chi connectivity index (χ0n) is 18.8.